The molecule has 0 radical (unpaired) electrons. The molecule has 112 valence electrons. The molecule has 3 rings (SSSR count). The fourth-order valence-electron chi connectivity index (χ4n) is 3.19. The maximum Gasteiger partial charge on any atom is 0.0645 e. The maximum atomic E-state index is 4.47. The van der Waals surface area contributed by atoms with E-state index in [1.54, 1.807) is 0 Å². The molecule has 21 heavy (non-hydrogen) atoms. The van der Waals surface area contributed by atoms with E-state index in [1.807, 2.05) is 29.1 Å². The van der Waals surface area contributed by atoms with Crippen LogP contribution in [0.2, 0.25) is 0 Å². The van der Waals surface area contributed by atoms with Gasteiger partial charge in [0.1, 0.15) is 0 Å². The monoisotopic (exact) mass is 284 g/mol. The number of aromatic nitrogens is 2. The van der Waals surface area contributed by atoms with Crippen molar-refractivity contribution in [2.75, 3.05) is 26.7 Å². The summed E-state index contributed by atoms with van der Waals surface area (Å²) in [6.07, 6.45) is 5.36. The van der Waals surface area contributed by atoms with Crippen molar-refractivity contribution in [1.82, 2.24) is 20.0 Å². The molecule has 1 unspecified atom stereocenters. The Hall–Kier alpha value is -1.65. The molecule has 1 N–H and O–H groups in total. The molecule has 1 aromatic heterocycles. The van der Waals surface area contributed by atoms with E-state index in [9.17, 15) is 0 Å². The Bertz CT molecular complexity index is 569. The van der Waals surface area contributed by atoms with Crippen molar-refractivity contribution >= 4 is 0 Å². The van der Waals surface area contributed by atoms with Crippen LogP contribution in [0.3, 0.4) is 0 Å². The van der Waals surface area contributed by atoms with Crippen LogP contribution in [0, 0.1) is 5.41 Å². The molecule has 0 saturated carbocycles. The summed E-state index contributed by atoms with van der Waals surface area (Å²) in [6, 6.07) is 10.3. The first-order chi connectivity index (χ1) is 10.1. The second-order valence-electron chi connectivity index (χ2n) is 6.54. The summed E-state index contributed by atoms with van der Waals surface area (Å²) >= 11 is 0. The molecule has 0 bridgehead atoms. The molecule has 0 spiro atoms. The number of nitrogens with one attached hydrogen (secondary N) is 1. The van der Waals surface area contributed by atoms with Gasteiger partial charge in [-0.2, -0.15) is 5.10 Å². The van der Waals surface area contributed by atoms with E-state index in [-0.39, 0.29) is 0 Å². The Morgan fingerprint density at radius 1 is 1.33 bits per heavy atom. The van der Waals surface area contributed by atoms with Crippen LogP contribution in [0.25, 0.3) is 5.69 Å². The SMILES string of the molecule is CN(Cc1cnn(-c2ccccc2)c1)CC1(C)CCNC1. The van der Waals surface area contributed by atoms with Gasteiger partial charge in [0.2, 0.25) is 0 Å². The third-order valence-electron chi connectivity index (χ3n) is 4.22. The average Bonchev–Trinajstić information content (AvgIpc) is 3.09. The fourth-order valence-corrected chi connectivity index (χ4v) is 3.19. The minimum Gasteiger partial charge on any atom is -0.316 e. The van der Waals surface area contributed by atoms with Crippen LogP contribution < -0.4 is 5.32 Å². The van der Waals surface area contributed by atoms with Gasteiger partial charge < -0.3 is 10.2 Å². The highest BCUT2D eigenvalue weighted by Crippen LogP contribution is 2.25. The van der Waals surface area contributed by atoms with Gasteiger partial charge in [-0.3, -0.25) is 0 Å². The zero-order chi connectivity index (χ0) is 14.7. The van der Waals surface area contributed by atoms with Crippen LogP contribution in [0.1, 0.15) is 18.9 Å². The summed E-state index contributed by atoms with van der Waals surface area (Å²) in [6.45, 7) is 6.72. The highest BCUT2D eigenvalue weighted by Gasteiger charge is 2.29. The maximum absolute atomic E-state index is 4.47. The predicted octanol–water partition coefficient (Wildman–Crippen LogP) is 2.30. The van der Waals surface area contributed by atoms with Crippen molar-refractivity contribution < 1.29 is 0 Å². The molecule has 2 heterocycles. The Balaban J connectivity index is 1.62. The molecule has 2 aromatic rings. The molecule has 1 aliphatic heterocycles. The molecule has 4 nitrogen and oxygen atoms in total. The van der Waals surface area contributed by atoms with Gasteiger partial charge in [0.15, 0.2) is 0 Å². The van der Waals surface area contributed by atoms with Gasteiger partial charge in [0, 0.05) is 31.4 Å². The van der Waals surface area contributed by atoms with Gasteiger partial charge in [-0.1, -0.05) is 25.1 Å². The number of hydrogen-bond donors (Lipinski definition) is 1. The van der Waals surface area contributed by atoms with Crippen LogP contribution in [0.4, 0.5) is 0 Å². The van der Waals surface area contributed by atoms with Gasteiger partial charge >= 0.3 is 0 Å². The number of hydrogen-bond acceptors (Lipinski definition) is 3. The second kappa shape index (κ2) is 6.00. The minimum atomic E-state index is 0.407. The van der Waals surface area contributed by atoms with Gasteiger partial charge in [-0.05, 0) is 37.6 Å². The number of rotatable bonds is 5. The van der Waals surface area contributed by atoms with Gasteiger partial charge in [0.25, 0.3) is 0 Å². The van der Waals surface area contributed by atoms with Crippen molar-refractivity contribution in [1.29, 1.82) is 0 Å². The average molecular weight is 284 g/mol. The molecule has 4 heteroatoms. The van der Waals surface area contributed by atoms with Gasteiger partial charge in [-0.25, -0.2) is 4.68 Å². The molecule has 1 aliphatic rings. The summed E-state index contributed by atoms with van der Waals surface area (Å²) in [4.78, 5) is 2.40. The number of nitrogens with zero attached hydrogens (tertiary/aromatic N) is 3. The first-order valence-electron chi connectivity index (χ1n) is 7.63. The molecular formula is C17H24N4. The van der Waals surface area contributed by atoms with Crippen molar-refractivity contribution in [2.24, 2.45) is 5.41 Å². The highest BCUT2D eigenvalue weighted by molar-refractivity contribution is 5.30. The number of benzene rings is 1. The Morgan fingerprint density at radius 3 is 2.86 bits per heavy atom. The summed E-state index contributed by atoms with van der Waals surface area (Å²) < 4.78 is 1.95. The fraction of sp³-hybridized carbons (Fsp3) is 0.471. The molecular weight excluding hydrogens is 260 g/mol. The Morgan fingerprint density at radius 2 is 2.14 bits per heavy atom. The van der Waals surface area contributed by atoms with Crippen LogP contribution in [-0.2, 0) is 6.54 Å². The van der Waals surface area contributed by atoms with Crippen LogP contribution >= 0.6 is 0 Å². The molecule has 1 atom stereocenters. The lowest BCUT2D eigenvalue weighted by Gasteiger charge is -2.28. The smallest absolute Gasteiger partial charge is 0.0645 e. The van der Waals surface area contributed by atoms with E-state index in [0.717, 1.165) is 31.9 Å². The summed E-state index contributed by atoms with van der Waals surface area (Å²) in [5.41, 5.74) is 2.78. The van der Waals surface area contributed by atoms with Crippen LogP contribution in [-0.4, -0.2) is 41.4 Å². The van der Waals surface area contributed by atoms with E-state index in [0.29, 0.717) is 5.41 Å². The predicted molar refractivity (Wildman–Crippen MR) is 85.5 cm³/mol. The third kappa shape index (κ3) is 3.52. The standard InChI is InChI=1S/C17H24N4/c1-17(8-9-18-13-17)14-20(2)11-15-10-19-21(12-15)16-6-4-3-5-7-16/h3-7,10,12,18H,8-9,11,13-14H2,1-2H3. The Kier molecular flexibility index (Phi) is 4.08. The molecule has 1 aromatic carbocycles. The Labute approximate surface area is 126 Å². The molecule has 1 saturated heterocycles. The lowest BCUT2D eigenvalue weighted by Crippen LogP contribution is -2.34. The van der Waals surface area contributed by atoms with E-state index >= 15 is 0 Å². The van der Waals surface area contributed by atoms with E-state index in [1.165, 1.54) is 12.0 Å². The summed E-state index contributed by atoms with van der Waals surface area (Å²) in [5, 5.41) is 7.93. The quantitative estimate of drug-likeness (QED) is 0.914. The first-order valence-corrected chi connectivity index (χ1v) is 7.63. The van der Waals surface area contributed by atoms with Gasteiger partial charge in [0.05, 0.1) is 11.9 Å². The van der Waals surface area contributed by atoms with E-state index in [2.05, 4.69) is 47.6 Å². The van der Waals surface area contributed by atoms with Crippen LogP contribution in [0.15, 0.2) is 42.7 Å². The normalized spacial score (nSPS) is 22.0. The van der Waals surface area contributed by atoms with Crippen LogP contribution in [0.5, 0.6) is 0 Å². The lowest BCUT2D eigenvalue weighted by molar-refractivity contribution is 0.203. The lowest BCUT2D eigenvalue weighted by atomic mass is 9.89. The zero-order valence-electron chi connectivity index (χ0n) is 12.9. The topological polar surface area (TPSA) is 33.1 Å². The largest absolute Gasteiger partial charge is 0.316 e. The van der Waals surface area contributed by atoms with E-state index < -0.39 is 0 Å². The van der Waals surface area contributed by atoms with Crippen molar-refractivity contribution in [2.45, 2.75) is 19.9 Å². The molecule has 0 aliphatic carbocycles. The number of para-hydroxylation sites is 1. The van der Waals surface area contributed by atoms with Crippen molar-refractivity contribution in [3.63, 3.8) is 0 Å². The zero-order valence-corrected chi connectivity index (χ0v) is 12.9. The van der Waals surface area contributed by atoms with Crippen molar-refractivity contribution in [3.8, 4) is 5.69 Å². The molecule has 0 amide bonds. The third-order valence-corrected chi connectivity index (χ3v) is 4.22. The summed E-state index contributed by atoms with van der Waals surface area (Å²) in [7, 11) is 2.20. The van der Waals surface area contributed by atoms with Crippen molar-refractivity contribution in [3.05, 3.63) is 48.3 Å². The second-order valence-corrected chi connectivity index (χ2v) is 6.54. The highest BCUT2D eigenvalue weighted by atomic mass is 15.3. The first kappa shape index (κ1) is 14.3. The molecule has 1 fully saturated rings. The minimum absolute atomic E-state index is 0.407. The summed E-state index contributed by atoms with van der Waals surface area (Å²) in [5.74, 6) is 0. The van der Waals surface area contributed by atoms with E-state index in [4.69, 9.17) is 0 Å². The van der Waals surface area contributed by atoms with Gasteiger partial charge in [-0.15, -0.1) is 0 Å².